The highest BCUT2D eigenvalue weighted by Gasteiger charge is 2.34. The van der Waals surface area contributed by atoms with E-state index in [-0.39, 0.29) is 47.3 Å². The molecule has 0 saturated carbocycles. The van der Waals surface area contributed by atoms with E-state index in [9.17, 15) is 33.5 Å². The summed E-state index contributed by atoms with van der Waals surface area (Å²) in [6, 6.07) is 11.1. The van der Waals surface area contributed by atoms with Gasteiger partial charge in [-0.1, -0.05) is 47.0 Å². The number of ether oxygens (including phenoxy) is 2. The molecule has 0 fully saturated rings. The number of carbonyl (C=O) groups is 4. The fourth-order valence-corrected chi connectivity index (χ4v) is 6.19. The van der Waals surface area contributed by atoms with Gasteiger partial charge in [-0.15, -0.1) is 0 Å². The summed E-state index contributed by atoms with van der Waals surface area (Å²) in [5.41, 5.74) is 1.24. The molecule has 0 aliphatic carbocycles. The van der Waals surface area contributed by atoms with Crippen molar-refractivity contribution in [1.29, 1.82) is 0 Å². The highest BCUT2D eigenvalue weighted by Crippen LogP contribution is 2.37. The Hall–Kier alpha value is -4.65. The average molecular weight is 730 g/mol. The number of rotatable bonds is 20. The van der Waals surface area contributed by atoms with Crippen LogP contribution in [-0.2, 0) is 19.0 Å². The van der Waals surface area contributed by atoms with Crippen molar-refractivity contribution in [1.82, 2.24) is 15.7 Å². The first-order valence-corrected chi connectivity index (χ1v) is 18.5. The quantitative estimate of drug-likeness (QED) is 0.0388. The summed E-state index contributed by atoms with van der Waals surface area (Å²) in [5.74, 6) is -1.81. The number of nitrogens with one attached hydrogen (secondary N) is 2. The molecular formula is C36H48N3O11P. The van der Waals surface area contributed by atoms with Crippen molar-refractivity contribution in [2.75, 3.05) is 20.4 Å². The minimum Gasteiger partial charge on any atom is -0.497 e. The van der Waals surface area contributed by atoms with Crippen molar-refractivity contribution in [3.8, 4) is 22.8 Å². The molecule has 0 aliphatic heterocycles. The van der Waals surface area contributed by atoms with Gasteiger partial charge < -0.3 is 39.1 Å². The van der Waals surface area contributed by atoms with Gasteiger partial charge in [0.15, 0.2) is 5.76 Å². The molecule has 0 radical (unpaired) electrons. The maximum absolute atomic E-state index is 13.6. The summed E-state index contributed by atoms with van der Waals surface area (Å²) in [6.07, 6.45) is 3.50. The van der Waals surface area contributed by atoms with Gasteiger partial charge in [-0.2, -0.15) is 5.06 Å². The Bertz CT molecular complexity index is 1700. The number of hydrogen-bond donors (Lipinski definition) is 4. The number of benzene rings is 2. The highest BCUT2D eigenvalue weighted by atomic mass is 31.2. The molecule has 0 saturated heterocycles. The summed E-state index contributed by atoms with van der Waals surface area (Å²) in [5, 5.41) is 5.90. The Labute approximate surface area is 297 Å². The number of furan rings is 1. The second-order valence-electron chi connectivity index (χ2n) is 12.1. The SMILES string of the molecule is CCCCCC(C(=O)NCNC(=O)c1ccc(-c2cc(OCC)cc(P(=O)(O)O)c2)o1)C(CC)N(C=O)OC(=O)c1ccc(OC)cc1C(C)C. The predicted molar refractivity (Wildman–Crippen MR) is 190 cm³/mol. The number of nitrogens with zero attached hydrogens (tertiary/aromatic N) is 1. The van der Waals surface area contributed by atoms with E-state index in [4.69, 9.17) is 18.7 Å². The predicted octanol–water partition coefficient (Wildman–Crippen LogP) is 5.29. The Balaban J connectivity index is 1.73. The zero-order valence-electron chi connectivity index (χ0n) is 29.8. The zero-order valence-corrected chi connectivity index (χ0v) is 30.7. The van der Waals surface area contributed by atoms with Crippen LogP contribution in [0.1, 0.15) is 99.1 Å². The lowest BCUT2D eigenvalue weighted by Crippen LogP contribution is -2.49. The molecular weight excluding hydrogens is 681 g/mol. The van der Waals surface area contributed by atoms with Crippen LogP contribution in [0.5, 0.6) is 11.5 Å². The van der Waals surface area contributed by atoms with Gasteiger partial charge in [-0.3, -0.25) is 18.9 Å². The van der Waals surface area contributed by atoms with Crippen LogP contribution < -0.4 is 25.4 Å². The van der Waals surface area contributed by atoms with Gasteiger partial charge in [0, 0.05) is 5.56 Å². The summed E-state index contributed by atoms with van der Waals surface area (Å²) < 4.78 is 28.3. The summed E-state index contributed by atoms with van der Waals surface area (Å²) in [6.45, 7) is 9.36. The normalized spacial score (nSPS) is 12.5. The molecule has 0 aliphatic rings. The number of methoxy groups -OCH3 is 1. The third kappa shape index (κ3) is 11.2. The lowest BCUT2D eigenvalue weighted by Gasteiger charge is -2.32. The Kier molecular flexibility index (Phi) is 15.3. The molecule has 2 atom stereocenters. The minimum absolute atomic E-state index is 0.0443. The van der Waals surface area contributed by atoms with Gasteiger partial charge in [0.2, 0.25) is 12.3 Å². The molecule has 15 heteroatoms. The van der Waals surface area contributed by atoms with Gasteiger partial charge in [-0.25, -0.2) is 4.79 Å². The van der Waals surface area contributed by atoms with Crippen molar-refractivity contribution in [3.05, 3.63) is 65.4 Å². The molecule has 2 unspecified atom stereocenters. The summed E-state index contributed by atoms with van der Waals surface area (Å²) >= 11 is 0. The molecule has 1 heterocycles. The van der Waals surface area contributed by atoms with E-state index in [0.717, 1.165) is 17.9 Å². The van der Waals surface area contributed by atoms with Crippen LogP contribution in [0.4, 0.5) is 0 Å². The first-order valence-electron chi connectivity index (χ1n) is 16.9. The molecule has 0 bridgehead atoms. The first kappa shape index (κ1) is 40.8. The zero-order chi connectivity index (χ0) is 37.7. The van der Waals surface area contributed by atoms with Crippen LogP contribution in [0.3, 0.4) is 0 Å². The molecule has 1 aromatic heterocycles. The first-order chi connectivity index (χ1) is 24.3. The van der Waals surface area contributed by atoms with Crippen LogP contribution in [0.25, 0.3) is 11.3 Å². The van der Waals surface area contributed by atoms with Gasteiger partial charge in [0.25, 0.3) is 5.91 Å². The van der Waals surface area contributed by atoms with Crippen LogP contribution in [-0.4, -0.2) is 65.5 Å². The van der Waals surface area contributed by atoms with Crippen molar-refractivity contribution >= 4 is 37.1 Å². The van der Waals surface area contributed by atoms with E-state index in [1.807, 2.05) is 20.8 Å². The minimum atomic E-state index is -4.61. The Morgan fingerprint density at radius 2 is 1.73 bits per heavy atom. The maximum Gasteiger partial charge on any atom is 0.363 e. The van der Waals surface area contributed by atoms with Crippen molar-refractivity contribution in [2.45, 2.75) is 78.7 Å². The summed E-state index contributed by atoms with van der Waals surface area (Å²) in [7, 11) is -3.08. The molecule has 2 aromatic carbocycles. The number of carbonyl (C=O) groups excluding carboxylic acids is 4. The van der Waals surface area contributed by atoms with E-state index in [1.54, 1.807) is 32.0 Å². The average Bonchev–Trinajstić information content (AvgIpc) is 3.60. The lowest BCUT2D eigenvalue weighted by atomic mass is 9.90. The van der Waals surface area contributed by atoms with Crippen LogP contribution in [0, 0.1) is 5.92 Å². The van der Waals surface area contributed by atoms with Crippen molar-refractivity contribution in [3.63, 3.8) is 0 Å². The molecule has 278 valence electrons. The van der Waals surface area contributed by atoms with Crippen LogP contribution in [0.2, 0.25) is 0 Å². The standard InChI is InChI=1S/C36H48N3O11P/c1-7-10-11-12-29(31(8-2)39(22-40)50-36(43)28-14-13-25(47-6)20-30(28)23(4)5)34(41)37-21-38-35(42)33-16-15-32(49-33)24-17-26(48-9-3)19-27(18-24)51(44,45)46/h13-20,22-23,29,31H,7-12,21H2,1-6H3,(H,37,41)(H,38,42)(H2,44,45,46). The molecule has 0 spiro atoms. The maximum atomic E-state index is 13.6. The fraction of sp³-hybridized carbons (Fsp3) is 0.444. The van der Waals surface area contributed by atoms with E-state index < -0.39 is 37.3 Å². The lowest BCUT2D eigenvalue weighted by molar-refractivity contribution is -0.171. The highest BCUT2D eigenvalue weighted by molar-refractivity contribution is 7.60. The van der Waals surface area contributed by atoms with Crippen molar-refractivity contribution in [2.24, 2.45) is 5.92 Å². The number of amides is 3. The molecule has 3 aromatic rings. The second-order valence-corrected chi connectivity index (χ2v) is 13.7. The molecule has 4 N–H and O–H groups in total. The molecule has 3 amide bonds. The topological polar surface area (TPSA) is 194 Å². The summed E-state index contributed by atoms with van der Waals surface area (Å²) in [4.78, 5) is 77.1. The van der Waals surface area contributed by atoms with E-state index in [1.165, 1.54) is 37.4 Å². The van der Waals surface area contributed by atoms with Gasteiger partial charge >= 0.3 is 13.6 Å². The van der Waals surface area contributed by atoms with E-state index in [0.29, 0.717) is 42.5 Å². The molecule has 3 rings (SSSR count). The van der Waals surface area contributed by atoms with Crippen molar-refractivity contribution < 1.29 is 52.3 Å². The Morgan fingerprint density at radius 3 is 2.33 bits per heavy atom. The largest absolute Gasteiger partial charge is 0.497 e. The number of unbranched alkanes of at least 4 members (excludes halogenated alkanes) is 2. The molecule has 14 nitrogen and oxygen atoms in total. The van der Waals surface area contributed by atoms with Gasteiger partial charge in [0.1, 0.15) is 17.3 Å². The second kappa shape index (κ2) is 19.1. The monoisotopic (exact) mass is 729 g/mol. The van der Waals surface area contributed by atoms with Gasteiger partial charge in [-0.05, 0) is 79.8 Å². The number of hydrogen-bond acceptors (Lipinski definition) is 9. The van der Waals surface area contributed by atoms with Crippen LogP contribution in [0.15, 0.2) is 52.9 Å². The van der Waals surface area contributed by atoms with E-state index in [2.05, 4.69) is 10.6 Å². The van der Waals surface area contributed by atoms with Gasteiger partial charge in [0.05, 0.1) is 43.2 Å². The number of hydroxylamine groups is 2. The third-order valence-electron chi connectivity index (χ3n) is 8.22. The fourth-order valence-electron chi connectivity index (χ4n) is 5.59. The van der Waals surface area contributed by atoms with Crippen LogP contribution >= 0.6 is 7.60 Å². The smallest absolute Gasteiger partial charge is 0.363 e. The Morgan fingerprint density at radius 1 is 0.980 bits per heavy atom. The van der Waals surface area contributed by atoms with E-state index >= 15 is 0 Å². The molecule has 51 heavy (non-hydrogen) atoms. The third-order valence-corrected chi connectivity index (χ3v) is 9.15.